The Labute approximate surface area is 162 Å². The van der Waals surface area contributed by atoms with Crippen molar-refractivity contribution >= 4 is 5.78 Å². The minimum absolute atomic E-state index is 0.0756. The smallest absolute Gasteiger partial charge is 0.171 e. The fourth-order valence-corrected chi connectivity index (χ4v) is 7.35. The molecule has 6 rings (SSSR count). The number of epoxide rings is 1. The molecule has 0 N–H and O–H groups in total. The van der Waals surface area contributed by atoms with Crippen LogP contribution in [0.2, 0.25) is 0 Å². The molecule has 5 atom stereocenters. The number of ether oxygens (including phenoxy) is 3. The van der Waals surface area contributed by atoms with Crippen LogP contribution in [0.5, 0.6) is 0 Å². The van der Waals surface area contributed by atoms with Gasteiger partial charge < -0.3 is 14.2 Å². The maximum absolute atomic E-state index is 12.5. The largest absolute Gasteiger partial charge is 0.358 e. The second-order valence-corrected chi connectivity index (χ2v) is 11.2. The van der Waals surface area contributed by atoms with Gasteiger partial charge in [0.1, 0.15) is 17.0 Å². The molecule has 1 spiro atoms. The van der Waals surface area contributed by atoms with E-state index in [-0.39, 0.29) is 22.0 Å². The standard InChI is InChI=1S/C23H32O4/c1-19(2)13-25-22(26-14-19)10-11-23-17-7-8-20(3)16(4-5-18(20)24)15(17)6-9-21(23,12-22)27-23/h7,15-16H,4-6,8-14H2,1-3H3/t15-,16-,20+,21-,23+/m0/s1. The van der Waals surface area contributed by atoms with E-state index in [0.717, 1.165) is 64.6 Å². The van der Waals surface area contributed by atoms with Crippen molar-refractivity contribution in [3.63, 3.8) is 0 Å². The van der Waals surface area contributed by atoms with Crippen LogP contribution in [0, 0.1) is 22.7 Å². The number of allylic oxidation sites excluding steroid dienone is 1. The van der Waals surface area contributed by atoms with Crippen molar-refractivity contribution in [1.29, 1.82) is 0 Å². The molecule has 27 heavy (non-hydrogen) atoms. The van der Waals surface area contributed by atoms with Crippen molar-refractivity contribution in [2.45, 2.75) is 89.1 Å². The summed E-state index contributed by atoms with van der Waals surface area (Å²) in [5.74, 6) is 1.13. The molecule has 2 aliphatic heterocycles. The van der Waals surface area contributed by atoms with Gasteiger partial charge in [-0.15, -0.1) is 0 Å². The van der Waals surface area contributed by atoms with Gasteiger partial charge in [-0.05, 0) is 49.5 Å². The van der Waals surface area contributed by atoms with Gasteiger partial charge >= 0.3 is 0 Å². The van der Waals surface area contributed by atoms with Crippen molar-refractivity contribution in [1.82, 2.24) is 0 Å². The van der Waals surface area contributed by atoms with E-state index in [2.05, 4.69) is 26.8 Å². The lowest BCUT2D eigenvalue weighted by atomic mass is 9.54. The molecule has 3 saturated carbocycles. The van der Waals surface area contributed by atoms with Gasteiger partial charge in [-0.25, -0.2) is 0 Å². The van der Waals surface area contributed by atoms with Crippen LogP contribution >= 0.6 is 0 Å². The summed E-state index contributed by atoms with van der Waals surface area (Å²) >= 11 is 0. The van der Waals surface area contributed by atoms with Gasteiger partial charge in [-0.2, -0.15) is 0 Å². The molecule has 4 heteroatoms. The van der Waals surface area contributed by atoms with E-state index in [1.54, 1.807) is 0 Å². The molecule has 0 aromatic rings. The first-order valence-electron chi connectivity index (χ1n) is 11.0. The van der Waals surface area contributed by atoms with Crippen LogP contribution in [-0.2, 0) is 19.0 Å². The van der Waals surface area contributed by atoms with E-state index in [1.807, 2.05) is 0 Å². The first-order valence-corrected chi connectivity index (χ1v) is 11.0. The van der Waals surface area contributed by atoms with Crippen LogP contribution in [0.1, 0.15) is 72.1 Å². The zero-order valence-corrected chi connectivity index (χ0v) is 16.9. The third kappa shape index (κ3) is 2.03. The van der Waals surface area contributed by atoms with Crippen molar-refractivity contribution in [2.24, 2.45) is 22.7 Å². The summed E-state index contributed by atoms with van der Waals surface area (Å²) in [6.45, 7) is 8.16. The topological polar surface area (TPSA) is 48.1 Å². The average Bonchev–Trinajstić information content (AvgIpc) is 3.23. The van der Waals surface area contributed by atoms with Crippen molar-refractivity contribution in [2.75, 3.05) is 13.2 Å². The van der Waals surface area contributed by atoms with E-state index in [1.165, 1.54) is 5.57 Å². The fourth-order valence-electron chi connectivity index (χ4n) is 7.35. The summed E-state index contributed by atoms with van der Waals surface area (Å²) in [6, 6.07) is 0. The molecule has 0 bridgehead atoms. The van der Waals surface area contributed by atoms with Gasteiger partial charge in [-0.1, -0.05) is 26.8 Å². The second-order valence-electron chi connectivity index (χ2n) is 11.2. The van der Waals surface area contributed by atoms with Gasteiger partial charge in [0.05, 0.1) is 13.2 Å². The molecule has 6 aliphatic rings. The predicted octanol–water partition coefficient (Wildman–Crippen LogP) is 4.17. The van der Waals surface area contributed by atoms with Crippen molar-refractivity contribution in [3.8, 4) is 0 Å². The highest BCUT2D eigenvalue weighted by atomic mass is 16.7. The van der Waals surface area contributed by atoms with Crippen molar-refractivity contribution in [3.05, 3.63) is 11.6 Å². The monoisotopic (exact) mass is 372 g/mol. The molecule has 0 aromatic carbocycles. The highest BCUT2D eigenvalue weighted by Crippen LogP contribution is 2.73. The zero-order chi connectivity index (χ0) is 18.7. The van der Waals surface area contributed by atoms with Crippen LogP contribution in [0.15, 0.2) is 11.6 Å². The van der Waals surface area contributed by atoms with Crippen LogP contribution in [0.3, 0.4) is 0 Å². The molecule has 0 unspecified atom stereocenters. The molecular formula is C23H32O4. The first-order chi connectivity index (χ1) is 12.7. The highest BCUT2D eigenvalue weighted by Gasteiger charge is 2.79. The van der Waals surface area contributed by atoms with Crippen LogP contribution in [0.4, 0.5) is 0 Å². The SMILES string of the molecule is CC1(C)COC2(CC[C@]34O[C@@]3(CC[C@@H]3C4=CC[C@@]4(C)C(=O)CC[C@@H]34)C2)OC1. The van der Waals surface area contributed by atoms with Crippen molar-refractivity contribution < 1.29 is 19.0 Å². The second kappa shape index (κ2) is 4.88. The molecule has 2 heterocycles. The first kappa shape index (κ1) is 17.2. The minimum Gasteiger partial charge on any atom is -0.358 e. The summed E-state index contributed by atoms with van der Waals surface area (Å²) < 4.78 is 19.3. The van der Waals surface area contributed by atoms with Crippen LogP contribution in [0.25, 0.3) is 0 Å². The quantitative estimate of drug-likeness (QED) is 0.473. The normalized spacial score (nSPS) is 51.7. The fraction of sp³-hybridized carbons (Fsp3) is 0.870. The molecule has 4 aliphatic carbocycles. The molecule has 148 valence electrons. The predicted molar refractivity (Wildman–Crippen MR) is 100 cm³/mol. The molecule has 0 radical (unpaired) electrons. The zero-order valence-electron chi connectivity index (χ0n) is 16.9. The van der Waals surface area contributed by atoms with Crippen LogP contribution < -0.4 is 0 Å². The van der Waals surface area contributed by atoms with Gasteiger partial charge in [-0.3, -0.25) is 4.79 Å². The number of carbonyl (C=O) groups excluding carboxylic acids is 1. The van der Waals surface area contributed by atoms with E-state index < -0.39 is 5.79 Å². The Kier molecular flexibility index (Phi) is 3.10. The van der Waals surface area contributed by atoms with Gasteiger partial charge in [0, 0.05) is 30.1 Å². The molecule has 0 aromatic heterocycles. The molecule has 5 fully saturated rings. The van der Waals surface area contributed by atoms with E-state index >= 15 is 0 Å². The summed E-state index contributed by atoms with van der Waals surface area (Å²) in [5, 5.41) is 0. The third-order valence-corrected chi connectivity index (χ3v) is 9.02. The Morgan fingerprint density at radius 3 is 2.59 bits per heavy atom. The van der Waals surface area contributed by atoms with Crippen LogP contribution in [-0.4, -0.2) is 36.0 Å². The Bertz CT molecular complexity index is 743. The van der Waals surface area contributed by atoms with E-state index in [9.17, 15) is 4.79 Å². The number of carbonyl (C=O) groups is 1. The maximum atomic E-state index is 12.5. The lowest BCUT2D eigenvalue weighted by Crippen LogP contribution is -2.56. The maximum Gasteiger partial charge on any atom is 0.171 e. The average molecular weight is 373 g/mol. The Morgan fingerprint density at radius 1 is 1.04 bits per heavy atom. The summed E-state index contributed by atoms with van der Waals surface area (Å²) in [5.41, 5.74) is 1.37. The van der Waals surface area contributed by atoms with Gasteiger partial charge in [0.2, 0.25) is 0 Å². The summed E-state index contributed by atoms with van der Waals surface area (Å²) in [7, 11) is 0. The van der Waals surface area contributed by atoms with Gasteiger partial charge in [0.15, 0.2) is 5.79 Å². The number of fused-ring (bicyclic) bond motifs is 3. The number of hydrogen-bond acceptors (Lipinski definition) is 4. The van der Waals surface area contributed by atoms with E-state index in [4.69, 9.17) is 14.2 Å². The molecule has 2 saturated heterocycles. The Hall–Kier alpha value is -0.710. The number of ketones is 1. The number of hydrogen-bond donors (Lipinski definition) is 0. The molecule has 4 nitrogen and oxygen atoms in total. The summed E-state index contributed by atoms with van der Waals surface area (Å²) in [6.07, 6.45) is 10.2. The molecular weight excluding hydrogens is 340 g/mol. The van der Waals surface area contributed by atoms with Gasteiger partial charge in [0.25, 0.3) is 0 Å². The minimum atomic E-state index is -0.435. The number of rotatable bonds is 0. The Balaban J connectivity index is 1.29. The highest BCUT2D eigenvalue weighted by molar-refractivity contribution is 5.87. The number of Topliss-reactive ketones (excluding diaryl/α,β-unsaturated/α-hetero) is 1. The lowest BCUT2D eigenvalue weighted by molar-refractivity contribution is -0.313. The van der Waals surface area contributed by atoms with E-state index in [0.29, 0.717) is 17.6 Å². The lowest BCUT2D eigenvalue weighted by Gasteiger charge is -2.51. The molecule has 0 amide bonds. The third-order valence-electron chi connectivity index (χ3n) is 9.02. The Morgan fingerprint density at radius 2 is 1.81 bits per heavy atom. The summed E-state index contributed by atoms with van der Waals surface area (Å²) in [4.78, 5) is 12.5.